The zero-order valence-electron chi connectivity index (χ0n) is 10.9. The number of hydrogen-bond donors (Lipinski definition) is 3. The minimum Gasteiger partial charge on any atom is -0.508 e. The van der Waals surface area contributed by atoms with Gasteiger partial charge in [0.15, 0.2) is 0 Å². The quantitative estimate of drug-likeness (QED) is 0.785. The molecule has 0 saturated heterocycles. The molecule has 1 aromatic carbocycles. The van der Waals surface area contributed by atoms with Gasteiger partial charge in [-0.3, -0.25) is 0 Å². The van der Waals surface area contributed by atoms with Crippen LogP contribution in [-0.4, -0.2) is 27.8 Å². The van der Waals surface area contributed by atoms with Crippen LogP contribution in [-0.2, 0) is 0 Å². The Kier molecular flexibility index (Phi) is 4.40. The number of hydrogen-bond acceptors (Lipinski definition) is 4. The topological polar surface area (TPSA) is 52.5 Å². The SMILES string of the molecule is CSC1CCC(NC(C)c2ccc(O)cc2O)C1. The minimum absolute atomic E-state index is 0.103. The van der Waals surface area contributed by atoms with Gasteiger partial charge in [-0.05, 0) is 38.5 Å². The highest BCUT2D eigenvalue weighted by Crippen LogP contribution is 2.32. The standard InChI is InChI=1S/C14H21NO2S/c1-9(13-6-4-11(16)8-14(13)17)15-10-3-5-12(7-10)18-2/h4,6,8-10,12,15-17H,3,5,7H2,1-2H3. The van der Waals surface area contributed by atoms with Crippen LogP contribution in [0.5, 0.6) is 11.5 Å². The maximum absolute atomic E-state index is 9.83. The molecule has 2 rings (SSSR count). The summed E-state index contributed by atoms with van der Waals surface area (Å²) in [5, 5.41) is 23.4. The zero-order chi connectivity index (χ0) is 13.1. The minimum atomic E-state index is 0.103. The number of benzene rings is 1. The van der Waals surface area contributed by atoms with Gasteiger partial charge >= 0.3 is 0 Å². The molecule has 0 heterocycles. The second kappa shape index (κ2) is 5.85. The van der Waals surface area contributed by atoms with Crippen molar-refractivity contribution in [2.24, 2.45) is 0 Å². The number of rotatable bonds is 4. The molecule has 3 unspecified atom stereocenters. The number of phenols is 2. The lowest BCUT2D eigenvalue weighted by molar-refractivity contribution is 0.419. The van der Waals surface area contributed by atoms with Gasteiger partial charge in [0.2, 0.25) is 0 Å². The normalized spacial score (nSPS) is 25.2. The Morgan fingerprint density at radius 2 is 2.11 bits per heavy atom. The molecule has 1 aliphatic carbocycles. The van der Waals surface area contributed by atoms with Crippen molar-refractivity contribution in [3.8, 4) is 11.5 Å². The summed E-state index contributed by atoms with van der Waals surface area (Å²) in [6, 6.07) is 5.44. The largest absolute Gasteiger partial charge is 0.508 e. The first-order valence-electron chi connectivity index (χ1n) is 6.41. The van der Waals surface area contributed by atoms with Crippen LogP contribution in [0.2, 0.25) is 0 Å². The average Bonchev–Trinajstić information content (AvgIpc) is 2.76. The fraction of sp³-hybridized carbons (Fsp3) is 0.571. The molecule has 1 fully saturated rings. The molecular weight excluding hydrogens is 246 g/mol. The molecule has 1 aromatic rings. The monoisotopic (exact) mass is 267 g/mol. The van der Waals surface area contributed by atoms with Gasteiger partial charge in [-0.1, -0.05) is 6.07 Å². The van der Waals surface area contributed by atoms with Gasteiger partial charge in [0.05, 0.1) is 0 Å². The third-order valence-corrected chi connectivity index (χ3v) is 4.78. The van der Waals surface area contributed by atoms with Crippen molar-refractivity contribution >= 4 is 11.8 Å². The molecule has 3 atom stereocenters. The van der Waals surface area contributed by atoms with Crippen molar-refractivity contribution in [3.63, 3.8) is 0 Å². The molecule has 0 aliphatic heterocycles. The van der Waals surface area contributed by atoms with Crippen molar-refractivity contribution in [1.82, 2.24) is 5.32 Å². The lowest BCUT2D eigenvalue weighted by Gasteiger charge is -2.20. The van der Waals surface area contributed by atoms with Gasteiger partial charge < -0.3 is 15.5 Å². The Morgan fingerprint density at radius 1 is 1.33 bits per heavy atom. The van der Waals surface area contributed by atoms with Crippen LogP contribution in [0.15, 0.2) is 18.2 Å². The molecule has 1 saturated carbocycles. The number of thioether (sulfide) groups is 1. The van der Waals surface area contributed by atoms with Crippen LogP contribution in [0.25, 0.3) is 0 Å². The molecule has 0 aromatic heterocycles. The van der Waals surface area contributed by atoms with Crippen LogP contribution in [0.4, 0.5) is 0 Å². The molecule has 4 heteroatoms. The van der Waals surface area contributed by atoms with E-state index >= 15 is 0 Å². The molecule has 1 aliphatic rings. The molecule has 0 bridgehead atoms. The zero-order valence-corrected chi connectivity index (χ0v) is 11.7. The summed E-state index contributed by atoms with van der Waals surface area (Å²) in [5.41, 5.74) is 0.848. The highest BCUT2D eigenvalue weighted by atomic mass is 32.2. The van der Waals surface area contributed by atoms with E-state index in [9.17, 15) is 10.2 Å². The first-order valence-corrected chi connectivity index (χ1v) is 7.69. The highest BCUT2D eigenvalue weighted by Gasteiger charge is 2.25. The maximum Gasteiger partial charge on any atom is 0.124 e. The first kappa shape index (κ1) is 13.6. The molecule has 3 N–H and O–H groups in total. The van der Waals surface area contributed by atoms with Gasteiger partial charge in [-0.2, -0.15) is 11.8 Å². The maximum atomic E-state index is 9.83. The Hall–Kier alpha value is -0.870. The molecule has 100 valence electrons. The third kappa shape index (κ3) is 3.12. The molecule has 0 radical (unpaired) electrons. The van der Waals surface area contributed by atoms with Crippen molar-refractivity contribution in [2.45, 2.75) is 43.5 Å². The highest BCUT2D eigenvalue weighted by molar-refractivity contribution is 7.99. The van der Waals surface area contributed by atoms with E-state index < -0.39 is 0 Å². The summed E-state index contributed by atoms with van der Waals surface area (Å²) in [6.45, 7) is 2.05. The smallest absolute Gasteiger partial charge is 0.124 e. The van der Waals surface area contributed by atoms with E-state index in [0.29, 0.717) is 6.04 Å². The molecule has 0 amide bonds. The summed E-state index contributed by atoms with van der Waals surface area (Å²) in [5.74, 6) is 0.265. The lowest BCUT2D eigenvalue weighted by Crippen LogP contribution is -2.29. The van der Waals surface area contributed by atoms with Crippen LogP contribution < -0.4 is 5.32 Å². The number of aromatic hydroxyl groups is 2. The molecule has 0 spiro atoms. The first-order chi connectivity index (χ1) is 8.60. The van der Waals surface area contributed by atoms with E-state index in [1.165, 1.54) is 25.3 Å². The van der Waals surface area contributed by atoms with Crippen molar-refractivity contribution < 1.29 is 10.2 Å². The fourth-order valence-electron chi connectivity index (χ4n) is 2.65. The van der Waals surface area contributed by atoms with E-state index in [4.69, 9.17) is 0 Å². The third-order valence-electron chi connectivity index (χ3n) is 3.68. The van der Waals surface area contributed by atoms with Crippen molar-refractivity contribution in [1.29, 1.82) is 0 Å². The van der Waals surface area contributed by atoms with Gasteiger partial charge in [0, 0.05) is 29.0 Å². The molecule has 18 heavy (non-hydrogen) atoms. The van der Waals surface area contributed by atoms with Crippen LogP contribution in [0.1, 0.15) is 37.8 Å². The van der Waals surface area contributed by atoms with E-state index in [1.54, 1.807) is 12.1 Å². The summed E-state index contributed by atoms with van der Waals surface area (Å²) in [4.78, 5) is 0. The summed E-state index contributed by atoms with van der Waals surface area (Å²) >= 11 is 1.94. The van der Waals surface area contributed by atoms with Crippen LogP contribution in [0, 0.1) is 0 Å². The van der Waals surface area contributed by atoms with Crippen LogP contribution in [0.3, 0.4) is 0 Å². The van der Waals surface area contributed by atoms with Crippen molar-refractivity contribution in [3.05, 3.63) is 23.8 Å². The van der Waals surface area contributed by atoms with Gasteiger partial charge in [0.25, 0.3) is 0 Å². The average molecular weight is 267 g/mol. The predicted octanol–water partition coefficient (Wildman–Crippen LogP) is 3.03. The Labute approximate surface area is 113 Å². The van der Waals surface area contributed by atoms with E-state index in [-0.39, 0.29) is 17.5 Å². The van der Waals surface area contributed by atoms with Gasteiger partial charge in [-0.15, -0.1) is 0 Å². The Morgan fingerprint density at radius 3 is 2.72 bits per heavy atom. The van der Waals surface area contributed by atoms with Gasteiger partial charge in [0.1, 0.15) is 11.5 Å². The lowest BCUT2D eigenvalue weighted by atomic mass is 10.1. The predicted molar refractivity (Wildman–Crippen MR) is 76.3 cm³/mol. The number of nitrogens with one attached hydrogen (secondary N) is 1. The number of phenolic OH excluding ortho intramolecular Hbond substituents is 2. The fourth-order valence-corrected chi connectivity index (χ4v) is 3.44. The summed E-state index contributed by atoms with van der Waals surface area (Å²) in [7, 11) is 0. The Balaban J connectivity index is 1.97. The van der Waals surface area contributed by atoms with E-state index in [2.05, 4.69) is 18.5 Å². The van der Waals surface area contributed by atoms with Crippen molar-refractivity contribution in [2.75, 3.05) is 6.26 Å². The van der Waals surface area contributed by atoms with Crippen LogP contribution >= 0.6 is 11.8 Å². The summed E-state index contributed by atoms with van der Waals surface area (Å²) in [6.07, 6.45) is 5.84. The van der Waals surface area contributed by atoms with E-state index in [0.717, 1.165) is 10.8 Å². The Bertz CT molecular complexity index is 411. The van der Waals surface area contributed by atoms with E-state index in [1.807, 2.05) is 11.8 Å². The molecule has 3 nitrogen and oxygen atoms in total. The second-order valence-electron chi connectivity index (χ2n) is 5.00. The summed E-state index contributed by atoms with van der Waals surface area (Å²) < 4.78 is 0. The molecular formula is C14H21NO2S. The second-order valence-corrected chi connectivity index (χ2v) is 6.14. The van der Waals surface area contributed by atoms with Gasteiger partial charge in [-0.25, -0.2) is 0 Å².